The van der Waals surface area contributed by atoms with E-state index in [9.17, 15) is 19.2 Å². The Balaban J connectivity index is 3.70. The molecule has 3 N–H and O–H groups in total. The lowest BCUT2D eigenvalue weighted by Crippen LogP contribution is -2.49. The largest absolute Gasteiger partial charge is 0.481 e. The van der Waals surface area contributed by atoms with Crippen LogP contribution in [0, 0.1) is 0 Å². The Bertz CT molecular complexity index is 716. The van der Waals surface area contributed by atoms with Crippen LogP contribution >= 0.6 is 0 Å². The van der Waals surface area contributed by atoms with Gasteiger partial charge in [0.1, 0.15) is 11.6 Å². The van der Waals surface area contributed by atoms with Crippen molar-refractivity contribution in [3.05, 3.63) is 0 Å². The summed E-state index contributed by atoms with van der Waals surface area (Å²) in [5, 5.41) is 13.6. The molecule has 0 aliphatic rings. The molecule has 1 unspecified atom stereocenters. The Morgan fingerprint density at radius 1 is 0.683 bits per heavy atom. The van der Waals surface area contributed by atoms with Crippen molar-refractivity contribution in [2.45, 2.75) is 51.7 Å². The van der Waals surface area contributed by atoms with Crippen molar-refractivity contribution >= 4 is 23.9 Å². The third-order valence-corrected chi connectivity index (χ3v) is 4.74. The summed E-state index contributed by atoms with van der Waals surface area (Å²) in [7, 11) is 1.25. The van der Waals surface area contributed by atoms with E-state index in [0.29, 0.717) is 66.1 Å². The minimum atomic E-state index is -0.964. The number of hydrogen-bond donors (Lipinski definition) is 3. The SMILES string of the molecule is COC(=O)CCC(NC(=O)OC(C)(C)C)C(=O)NCCOCCOCCOCCOCCOCCOCCC(=O)O. The highest BCUT2D eigenvalue weighted by Crippen LogP contribution is 2.08. The van der Waals surface area contributed by atoms with Crippen molar-refractivity contribution in [1.29, 1.82) is 0 Å². The number of ether oxygens (including phenoxy) is 8. The van der Waals surface area contributed by atoms with E-state index < -0.39 is 35.6 Å². The molecule has 0 aliphatic heterocycles. The molecule has 0 rings (SSSR count). The molecule has 0 spiro atoms. The van der Waals surface area contributed by atoms with E-state index in [2.05, 4.69) is 15.4 Å². The number of aliphatic carboxylic acids is 1. The summed E-state index contributed by atoms with van der Waals surface area (Å²) < 4.78 is 41.8. The molecular weight excluding hydrogens is 548 g/mol. The van der Waals surface area contributed by atoms with Crippen LogP contribution in [0.1, 0.15) is 40.0 Å². The van der Waals surface area contributed by atoms with Gasteiger partial charge < -0.3 is 53.6 Å². The lowest BCUT2D eigenvalue weighted by molar-refractivity contribution is -0.141. The molecule has 0 saturated carbocycles. The summed E-state index contributed by atoms with van der Waals surface area (Å²) in [6.45, 7) is 9.59. The maximum absolute atomic E-state index is 12.5. The van der Waals surface area contributed by atoms with Crippen LogP contribution in [0.2, 0.25) is 0 Å². The third kappa shape index (κ3) is 27.4. The number of carbonyl (C=O) groups excluding carboxylic acids is 3. The molecule has 0 aromatic heterocycles. The topological polar surface area (TPSA) is 186 Å². The van der Waals surface area contributed by atoms with Crippen molar-refractivity contribution in [3.63, 3.8) is 0 Å². The van der Waals surface area contributed by atoms with Crippen LogP contribution in [0.25, 0.3) is 0 Å². The Kier molecular flexibility index (Phi) is 23.6. The minimum absolute atomic E-state index is 0.0227. The molecule has 0 saturated heterocycles. The number of carbonyl (C=O) groups is 4. The number of methoxy groups -OCH3 is 1. The van der Waals surface area contributed by atoms with Gasteiger partial charge in [0.15, 0.2) is 0 Å². The fraction of sp³-hybridized carbons (Fsp3) is 0.846. The number of amides is 2. The van der Waals surface area contributed by atoms with Gasteiger partial charge in [-0.25, -0.2) is 4.79 Å². The summed E-state index contributed by atoms with van der Waals surface area (Å²) in [6.07, 6.45) is -0.762. The molecule has 15 heteroatoms. The number of carboxylic acid groups (broad SMARTS) is 1. The lowest BCUT2D eigenvalue weighted by Gasteiger charge is -2.23. The fourth-order valence-corrected chi connectivity index (χ4v) is 2.81. The molecule has 0 bridgehead atoms. The second kappa shape index (κ2) is 25.2. The molecule has 0 fully saturated rings. The van der Waals surface area contributed by atoms with Crippen molar-refractivity contribution in [3.8, 4) is 0 Å². The van der Waals surface area contributed by atoms with Gasteiger partial charge in [-0.05, 0) is 27.2 Å². The first kappa shape index (κ1) is 38.4. The van der Waals surface area contributed by atoms with Gasteiger partial charge in [-0.2, -0.15) is 0 Å². The van der Waals surface area contributed by atoms with E-state index in [1.807, 2.05) is 0 Å². The monoisotopic (exact) mass is 596 g/mol. The molecule has 0 heterocycles. The zero-order valence-corrected chi connectivity index (χ0v) is 24.7. The molecule has 0 aromatic rings. The van der Waals surface area contributed by atoms with Gasteiger partial charge in [0.05, 0.1) is 92.8 Å². The smallest absolute Gasteiger partial charge is 0.408 e. The molecule has 240 valence electrons. The zero-order chi connectivity index (χ0) is 30.8. The molecule has 0 aromatic carbocycles. The number of hydrogen-bond acceptors (Lipinski definition) is 12. The van der Waals surface area contributed by atoms with Crippen molar-refractivity contribution in [1.82, 2.24) is 10.6 Å². The van der Waals surface area contributed by atoms with E-state index in [-0.39, 0.29) is 39.0 Å². The van der Waals surface area contributed by atoms with E-state index in [0.717, 1.165) is 0 Å². The van der Waals surface area contributed by atoms with Crippen molar-refractivity contribution < 1.29 is 62.2 Å². The van der Waals surface area contributed by atoms with Crippen molar-refractivity contribution in [2.75, 3.05) is 92.9 Å². The number of alkyl carbamates (subject to hydrolysis) is 1. The normalized spacial score (nSPS) is 12.0. The first-order valence-electron chi connectivity index (χ1n) is 13.6. The highest BCUT2D eigenvalue weighted by atomic mass is 16.6. The Morgan fingerprint density at radius 3 is 1.54 bits per heavy atom. The van der Waals surface area contributed by atoms with Crippen LogP contribution < -0.4 is 10.6 Å². The van der Waals surface area contributed by atoms with E-state index in [1.54, 1.807) is 20.8 Å². The minimum Gasteiger partial charge on any atom is -0.481 e. The van der Waals surface area contributed by atoms with E-state index in [4.69, 9.17) is 38.3 Å². The predicted molar refractivity (Wildman–Crippen MR) is 145 cm³/mol. The van der Waals surface area contributed by atoms with Crippen LogP contribution in [-0.2, 0) is 52.3 Å². The molecule has 1 atom stereocenters. The highest BCUT2D eigenvalue weighted by molar-refractivity contribution is 5.86. The van der Waals surface area contributed by atoms with Gasteiger partial charge in [-0.3, -0.25) is 14.4 Å². The summed E-state index contributed by atoms with van der Waals surface area (Å²) in [6, 6.07) is -0.964. The molecule has 15 nitrogen and oxygen atoms in total. The van der Waals surface area contributed by atoms with Gasteiger partial charge >= 0.3 is 18.0 Å². The van der Waals surface area contributed by atoms with Crippen LogP contribution in [-0.4, -0.2) is 134 Å². The van der Waals surface area contributed by atoms with Gasteiger partial charge in [-0.15, -0.1) is 0 Å². The van der Waals surface area contributed by atoms with Crippen LogP contribution in [0.3, 0.4) is 0 Å². The molecule has 41 heavy (non-hydrogen) atoms. The molecule has 2 amide bonds. The zero-order valence-electron chi connectivity index (χ0n) is 24.7. The highest BCUT2D eigenvalue weighted by Gasteiger charge is 2.25. The van der Waals surface area contributed by atoms with Gasteiger partial charge in [-0.1, -0.05) is 0 Å². The second-order valence-electron chi connectivity index (χ2n) is 9.42. The molecule has 0 radical (unpaired) electrons. The van der Waals surface area contributed by atoms with Crippen LogP contribution in [0.15, 0.2) is 0 Å². The first-order chi connectivity index (χ1) is 19.5. The summed E-state index contributed by atoms with van der Waals surface area (Å²) in [5.41, 5.74) is -0.731. The Hall–Kier alpha value is -2.56. The predicted octanol–water partition coefficient (Wildman–Crippen LogP) is 0.523. The van der Waals surface area contributed by atoms with Crippen LogP contribution in [0.4, 0.5) is 4.79 Å². The first-order valence-corrected chi connectivity index (χ1v) is 13.6. The number of nitrogens with one attached hydrogen (secondary N) is 2. The average molecular weight is 597 g/mol. The maximum Gasteiger partial charge on any atom is 0.408 e. The Labute approximate surface area is 241 Å². The molecule has 0 aliphatic carbocycles. The Morgan fingerprint density at radius 2 is 1.12 bits per heavy atom. The van der Waals surface area contributed by atoms with E-state index in [1.165, 1.54) is 7.11 Å². The number of carboxylic acids is 1. The quantitative estimate of drug-likeness (QED) is 0.0928. The third-order valence-electron chi connectivity index (χ3n) is 4.74. The second-order valence-corrected chi connectivity index (χ2v) is 9.42. The molecular formula is C26H48N2O13. The average Bonchev–Trinajstić information content (AvgIpc) is 2.90. The van der Waals surface area contributed by atoms with Gasteiger partial charge in [0, 0.05) is 13.0 Å². The lowest BCUT2D eigenvalue weighted by atomic mass is 10.1. The number of rotatable bonds is 26. The standard InChI is InChI=1S/C26H48N2O13/c1-26(2,3)41-25(33)28-21(5-6-23(31)34-4)24(32)27-8-10-36-12-14-38-16-18-40-20-19-39-17-15-37-13-11-35-9-7-22(29)30/h21H,5-20H2,1-4H3,(H,27,32)(H,28,33)(H,29,30). The summed E-state index contributed by atoms with van der Waals surface area (Å²) in [5.74, 6) is -1.85. The number of esters is 1. The maximum atomic E-state index is 12.5. The van der Waals surface area contributed by atoms with Crippen molar-refractivity contribution in [2.24, 2.45) is 0 Å². The van der Waals surface area contributed by atoms with Gasteiger partial charge in [0.2, 0.25) is 5.91 Å². The summed E-state index contributed by atoms with van der Waals surface area (Å²) in [4.78, 5) is 46.3. The van der Waals surface area contributed by atoms with E-state index >= 15 is 0 Å². The fourth-order valence-electron chi connectivity index (χ4n) is 2.81. The van der Waals surface area contributed by atoms with Gasteiger partial charge in [0.25, 0.3) is 0 Å². The summed E-state index contributed by atoms with van der Waals surface area (Å²) >= 11 is 0. The van der Waals surface area contributed by atoms with Crippen LogP contribution in [0.5, 0.6) is 0 Å².